The normalized spacial score (nSPS) is 11.4. The van der Waals surface area contributed by atoms with Gasteiger partial charge < -0.3 is 4.74 Å². The van der Waals surface area contributed by atoms with Crippen molar-refractivity contribution in [2.45, 2.75) is 12.8 Å². The van der Waals surface area contributed by atoms with Gasteiger partial charge in [0.05, 0.1) is 12.2 Å². The Morgan fingerprint density at radius 2 is 1.57 bits per heavy atom. The summed E-state index contributed by atoms with van der Waals surface area (Å²) in [4.78, 5) is 11.7. The molecule has 0 saturated carbocycles. The summed E-state index contributed by atoms with van der Waals surface area (Å²) in [5.74, 6) is -0.164. The molecule has 21 heavy (non-hydrogen) atoms. The van der Waals surface area contributed by atoms with Crippen LogP contribution in [0.4, 0.5) is 13.2 Å². The van der Waals surface area contributed by atoms with Crippen LogP contribution in [0.1, 0.15) is 21.5 Å². The fraction of sp³-hybridized carbons (Fsp3) is 0.188. The van der Waals surface area contributed by atoms with E-state index in [1.807, 2.05) is 0 Å². The number of hydrogen-bond donors (Lipinski definition) is 0. The number of Topliss-reactive ketones (excluding diaryl/α,β-unsaturated/α-hetero) is 1. The van der Waals surface area contributed by atoms with Gasteiger partial charge in [-0.25, -0.2) is 0 Å². The number of ketones is 1. The number of rotatable bonds is 5. The summed E-state index contributed by atoms with van der Waals surface area (Å²) >= 11 is 0. The number of ether oxygens (including phenoxy) is 1. The third-order valence-electron chi connectivity index (χ3n) is 2.88. The summed E-state index contributed by atoms with van der Waals surface area (Å²) in [6.45, 7) is -0.0122. The maximum absolute atomic E-state index is 12.4. The molecule has 0 aliphatic heterocycles. The minimum Gasteiger partial charge on any atom is -0.369 e. The fourth-order valence-electron chi connectivity index (χ4n) is 1.76. The second-order valence-corrected chi connectivity index (χ2v) is 4.48. The van der Waals surface area contributed by atoms with Crippen molar-refractivity contribution in [3.8, 4) is 0 Å². The van der Waals surface area contributed by atoms with Crippen LogP contribution >= 0.6 is 0 Å². The second-order valence-electron chi connectivity index (χ2n) is 4.48. The monoisotopic (exact) mass is 294 g/mol. The molecule has 5 heteroatoms. The van der Waals surface area contributed by atoms with Crippen molar-refractivity contribution >= 4 is 5.78 Å². The number of halogens is 3. The largest absolute Gasteiger partial charge is 0.416 e. The first kappa shape index (κ1) is 15.3. The molecule has 0 fully saturated rings. The summed E-state index contributed by atoms with van der Waals surface area (Å²) in [5, 5.41) is 0. The van der Waals surface area contributed by atoms with E-state index in [0.717, 1.165) is 12.1 Å². The molecule has 0 bridgehead atoms. The van der Waals surface area contributed by atoms with Crippen LogP contribution in [0.3, 0.4) is 0 Å². The average molecular weight is 294 g/mol. The molecule has 2 nitrogen and oxygen atoms in total. The van der Waals surface area contributed by atoms with Crippen LogP contribution in [-0.4, -0.2) is 12.4 Å². The third kappa shape index (κ3) is 4.43. The molecule has 0 heterocycles. The van der Waals surface area contributed by atoms with Crippen molar-refractivity contribution in [3.05, 3.63) is 71.3 Å². The summed E-state index contributed by atoms with van der Waals surface area (Å²) in [6, 6.07) is 13.4. The first-order valence-electron chi connectivity index (χ1n) is 6.29. The predicted octanol–water partition coefficient (Wildman–Crippen LogP) is 4.10. The molecule has 0 aromatic heterocycles. The van der Waals surface area contributed by atoms with E-state index in [2.05, 4.69) is 0 Å². The van der Waals surface area contributed by atoms with Crippen LogP contribution < -0.4 is 0 Å². The minimum absolute atomic E-state index is 0.0940. The lowest BCUT2D eigenvalue weighted by Crippen LogP contribution is -2.09. The van der Waals surface area contributed by atoms with Crippen LogP contribution in [-0.2, 0) is 17.5 Å². The van der Waals surface area contributed by atoms with Crippen LogP contribution in [0.25, 0.3) is 0 Å². The number of benzene rings is 2. The van der Waals surface area contributed by atoms with Crippen LogP contribution in [0.5, 0.6) is 0 Å². The first-order valence-corrected chi connectivity index (χ1v) is 6.29. The Morgan fingerprint density at radius 1 is 0.952 bits per heavy atom. The number of alkyl halides is 3. The topological polar surface area (TPSA) is 26.3 Å². The van der Waals surface area contributed by atoms with Crippen molar-refractivity contribution in [1.82, 2.24) is 0 Å². The third-order valence-corrected chi connectivity index (χ3v) is 2.88. The molecule has 0 radical (unpaired) electrons. The lowest BCUT2D eigenvalue weighted by molar-refractivity contribution is -0.137. The Hall–Kier alpha value is -2.14. The molecule has 2 aromatic rings. The summed E-state index contributed by atoms with van der Waals surface area (Å²) in [7, 11) is 0. The lowest BCUT2D eigenvalue weighted by atomic mass is 10.1. The highest BCUT2D eigenvalue weighted by Gasteiger charge is 2.29. The lowest BCUT2D eigenvalue weighted by Gasteiger charge is -2.08. The van der Waals surface area contributed by atoms with Gasteiger partial charge in [-0.15, -0.1) is 0 Å². The van der Waals surface area contributed by atoms with E-state index in [0.29, 0.717) is 11.1 Å². The van der Waals surface area contributed by atoms with Gasteiger partial charge in [0.1, 0.15) is 6.61 Å². The van der Waals surface area contributed by atoms with Gasteiger partial charge in [0.15, 0.2) is 5.78 Å². The molecule has 2 aromatic carbocycles. The minimum atomic E-state index is -4.34. The molecule has 0 aliphatic rings. The van der Waals surface area contributed by atoms with Crippen LogP contribution in [0.15, 0.2) is 54.6 Å². The van der Waals surface area contributed by atoms with E-state index in [9.17, 15) is 18.0 Å². The van der Waals surface area contributed by atoms with E-state index in [-0.39, 0.29) is 19.0 Å². The highest BCUT2D eigenvalue weighted by atomic mass is 19.4. The van der Waals surface area contributed by atoms with Crippen molar-refractivity contribution < 1.29 is 22.7 Å². The molecule has 0 atom stereocenters. The highest BCUT2D eigenvalue weighted by molar-refractivity contribution is 5.96. The average Bonchev–Trinajstić information content (AvgIpc) is 2.47. The van der Waals surface area contributed by atoms with Gasteiger partial charge in [0, 0.05) is 5.56 Å². The quantitative estimate of drug-likeness (QED) is 0.776. The Balaban J connectivity index is 1.85. The van der Waals surface area contributed by atoms with E-state index in [1.165, 1.54) is 12.1 Å². The number of carbonyl (C=O) groups is 1. The standard InChI is InChI=1S/C16H13F3O2/c17-16(18,19)14-8-6-12(7-9-14)10-21-11-15(20)13-4-2-1-3-5-13/h1-9H,10-11H2. The van der Waals surface area contributed by atoms with Gasteiger partial charge in [-0.1, -0.05) is 42.5 Å². The molecule has 0 unspecified atom stereocenters. The molecular weight excluding hydrogens is 281 g/mol. The summed E-state index contributed by atoms with van der Waals surface area (Å²) in [5.41, 5.74) is 0.431. The van der Waals surface area contributed by atoms with Crippen molar-refractivity contribution in [3.63, 3.8) is 0 Å². The SMILES string of the molecule is O=C(COCc1ccc(C(F)(F)F)cc1)c1ccccc1. The van der Waals surface area contributed by atoms with E-state index >= 15 is 0 Å². The molecule has 0 N–H and O–H groups in total. The molecule has 0 spiro atoms. The van der Waals surface area contributed by atoms with Gasteiger partial charge >= 0.3 is 6.18 Å². The van der Waals surface area contributed by atoms with Gasteiger partial charge in [-0.2, -0.15) is 13.2 Å². The van der Waals surface area contributed by atoms with Crippen molar-refractivity contribution in [2.75, 3.05) is 6.61 Å². The molecule has 2 rings (SSSR count). The smallest absolute Gasteiger partial charge is 0.369 e. The van der Waals surface area contributed by atoms with Gasteiger partial charge in [-0.05, 0) is 17.7 Å². The molecule has 0 saturated heterocycles. The van der Waals surface area contributed by atoms with Crippen molar-refractivity contribution in [1.29, 1.82) is 0 Å². The molecular formula is C16H13F3O2. The Kier molecular flexibility index (Phi) is 4.75. The molecule has 0 amide bonds. The zero-order chi connectivity index (χ0) is 15.3. The Morgan fingerprint density at radius 3 is 2.14 bits per heavy atom. The van der Waals surface area contributed by atoms with Crippen LogP contribution in [0.2, 0.25) is 0 Å². The molecule has 110 valence electrons. The zero-order valence-electron chi connectivity index (χ0n) is 11.1. The fourth-order valence-corrected chi connectivity index (χ4v) is 1.76. The van der Waals surface area contributed by atoms with Gasteiger partial charge in [0.2, 0.25) is 0 Å². The number of hydrogen-bond acceptors (Lipinski definition) is 2. The highest BCUT2D eigenvalue weighted by Crippen LogP contribution is 2.29. The van der Waals surface area contributed by atoms with Crippen LogP contribution in [0, 0.1) is 0 Å². The zero-order valence-corrected chi connectivity index (χ0v) is 11.1. The number of carbonyl (C=O) groups excluding carboxylic acids is 1. The second kappa shape index (κ2) is 6.54. The van der Waals surface area contributed by atoms with Crippen molar-refractivity contribution in [2.24, 2.45) is 0 Å². The summed E-state index contributed by atoms with van der Waals surface area (Å²) in [6.07, 6.45) is -4.34. The Bertz CT molecular complexity index is 589. The van der Waals surface area contributed by atoms with Gasteiger partial charge in [0.25, 0.3) is 0 Å². The first-order chi connectivity index (χ1) is 9.97. The summed E-state index contributed by atoms with van der Waals surface area (Å²) < 4.78 is 42.4. The maximum atomic E-state index is 12.4. The maximum Gasteiger partial charge on any atom is 0.416 e. The molecule has 0 aliphatic carbocycles. The van der Waals surface area contributed by atoms with E-state index in [1.54, 1.807) is 30.3 Å². The van der Waals surface area contributed by atoms with Gasteiger partial charge in [-0.3, -0.25) is 4.79 Å². The van der Waals surface area contributed by atoms with E-state index in [4.69, 9.17) is 4.74 Å². The Labute approximate surface area is 120 Å². The van der Waals surface area contributed by atoms with E-state index < -0.39 is 11.7 Å². The predicted molar refractivity (Wildman–Crippen MR) is 71.9 cm³/mol.